The highest BCUT2D eigenvalue weighted by molar-refractivity contribution is 5.92. The number of carbonyl (C=O) groups excluding carboxylic acids is 1. The number of benzene rings is 1. The molecular weight excluding hydrogens is 264 g/mol. The van der Waals surface area contributed by atoms with Crippen LogP contribution in [-0.4, -0.2) is 25.6 Å². The Bertz CT molecular complexity index is 406. The first-order valence-corrected chi connectivity index (χ1v) is 6.54. The van der Waals surface area contributed by atoms with Crippen molar-refractivity contribution >= 4 is 24.0 Å². The maximum atomic E-state index is 12.1. The van der Waals surface area contributed by atoms with Crippen LogP contribution in [0.25, 0.3) is 0 Å². The lowest BCUT2D eigenvalue weighted by atomic mass is 9.97. The maximum absolute atomic E-state index is 12.1. The molecule has 0 spiro atoms. The molecule has 106 valence electrons. The lowest BCUT2D eigenvalue weighted by Gasteiger charge is -2.21. The summed E-state index contributed by atoms with van der Waals surface area (Å²) in [6.45, 7) is 4.43. The minimum atomic E-state index is 0. The summed E-state index contributed by atoms with van der Waals surface area (Å²) in [6, 6.07) is 7.54. The second kappa shape index (κ2) is 8.02. The van der Waals surface area contributed by atoms with Gasteiger partial charge < -0.3 is 15.4 Å². The van der Waals surface area contributed by atoms with Gasteiger partial charge in [-0.15, -0.1) is 12.4 Å². The number of nitrogens with one attached hydrogen (secondary N) is 2. The quantitative estimate of drug-likeness (QED) is 0.893. The standard InChI is InChI=1S/C14H20N2O2.ClH/c1-2-18-13-5-3-4-12(10-13)16-14(17)11-6-8-15-9-7-11;/h3-5,10-11,15H,2,6-9H2,1H3,(H,16,17);1H. The van der Waals surface area contributed by atoms with Crippen LogP contribution >= 0.6 is 12.4 Å². The zero-order valence-electron chi connectivity index (χ0n) is 11.1. The second-order valence-electron chi connectivity index (χ2n) is 4.47. The third kappa shape index (κ3) is 4.73. The summed E-state index contributed by atoms with van der Waals surface area (Å²) >= 11 is 0. The van der Waals surface area contributed by atoms with E-state index < -0.39 is 0 Å². The first kappa shape index (κ1) is 15.8. The van der Waals surface area contributed by atoms with E-state index in [0.29, 0.717) is 6.61 Å². The molecule has 1 aliphatic heterocycles. The van der Waals surface area contributed by atoms with Gasteiger partial charge in [0, 0.05) is 17.7 Å². The van der Waals surface area contributed by atoms with Gasteiger partial charge in [-0.3, -0.25) is 4.79 Å². The summed E-state index contributed by atoms with van der Waals surface area (Å²) in [5.41, 5.74) is 0.810. The number of hydrogen-bond donors (Lipinski definition) is 2. The molecule has 0 aliphatic carbocycles. The third-order valence-electron chi connectivity index (χ3n) is 3.12. The van der Waals surface area contributed by atoms with Crippen LogP contribution in [-0.2, 0) is 4.79 Å². The summed E-state index contributed by atoms with van der Waals surface area (Å²) in [6.07, 6.45) is 1.83. The number of halogens is 1. The number of amides is 1. The smallest absolute Gasteiger partial charge is 0.227 e. The Morgan fingerprint density at radius 3 is 2.84 bits per heavy atom. The highest BCUT2D eigenvalue weighted by atomic mass is 35.5. The molecule has 2 rings (SSSR count). The first-order valence-electron chi connectivity index (χ1n) is 6.54. The molecule has 5 heteroatoms. The molecular formula is C14H21ClN2O2. The fraction of sp³-hybridized carbons (Fsp3) is 0.500. The highest BCUT2D eigenvalue weighted by Gasteiger charge is 2.20. The summed E-state index contributed by atoms with van der Waals surface area (Å²) < 4.78 is 5.41. The average Bonchev–Trinajstić information content (AvgIpc) is 2.40. The second-order valence-corrected chi connectivity index (χ2v) is 4.47. The summed E-state index contributed by atoms with van der Waals surface area (Å²) in [5.74, 6) is 1.03. The van der Waals surface area contributed by atoms with Gasteiger partial charge in [-0.2, -0.15) is 0 Å². The minimum absolute atomic E-state index is 0. The van der Waals surface area contributed by atoms with Gasteiger partial charge in [0.1, 0.15) is 5.75 Å². The van der Waals surface area contributed by atoms with Crippen molar-refractivity contribution in [3.8, 4) is 5.75 Å². The average molecular weight is 285 g/mol. The van der Waals surface area contributed by atoms with E-state index in [-0.39, 0.29) is 24.2 Å². The Morgan fingerprint density at radius 1 is 1.42 bits per heavy atom. The monoisotopic (exact) mass is 284 g/mol. The number of carbonyl (C=O) groups is 1. The van der Waals surface area contributed by atoms with Crippen molar-refractivity contribution < 1.29 is 9.53 Å². The molecule has 0 bridgehead atoms. The third-order valence-corrected chi connectivity index (χ3v) is 3.12. The minimum Gasteiger partial charge on any atom is -0.494 e. The Hall–Kier alpha value is -1.26. The summed E-state index contributed by atoms with van der Waals surface area (Å²) in [5, 5.41) is 6.22. The van der Waals surface area contributed by atoms with Crippen molar-refractivity contribution in [3.05, 3.63) is 24.3 Å². The van der Waals surface area contributed by atoms with E-state index in [1.54, 1.807) is 0 Å². The number of rotatable bonds is 4. The highest BCUT2D eigenvalue weighted by Crippen LogP contribution is 2.19. The fourth-order valence-electron chi connectivity index (χ4n) is 2.16. The van der Waals surface area contributed by atoms with Crippen molar-refractivity contribution in [3.63, 3.8) is 0 Å². The molecule has 1 heterocycles. The van der Waals surface area contributed by atoms with Gasteiger partial charge in [0.05, 0.1) is 6.61 Å². The van der Waals surface area contributed by atoms with Gasteiger partial charge >= 0.3 is 0 Å². The lowest BCUT2D eigenvalue weighted by Crippen LogP contribution is -2.34. The van der Waals surface area contributed by atoms with Gasteiger partial charge in [-0.1, -0.05) is 6.07 Å². The van der Waals surface area contributed by atoms with E-state index in [2.05, 4.69) is 10.6 Å². The van der Waals surface area contributed by atoms with E-state index >= 15 is 0 Å². The molecule has 1 fully saturated rings. The van der Waals surface area contributed by atoms with Crippen LogP contribution in [0.1, 0.15) is 19.8 Å². The maximum Gasteiger partial charge on any atom is 0.227 e. The molecule has 2 N–H and O–H groups in total. The number of hydrogen-bond acceptors (Lipinski definition) is 3. The van der Waals surface area contributed by atoms with E-state index in [1.165, 1.54) is 0 Å². The van der Waals surface area contributed by atoms with Crippen LogP contribution in [0.2, 0.25) is 0 Å². The zero-order chi connectivity index (χ0) is 12.8. The molecule has 1 saturated heterocycles. The van der Waals surface area contributed by atoms with Crippen LogP contribution in [0.5, 0.6) is 5.75 Å². The fourth-order valence-corrected chi connectivity index (χ4v) is 2.16. The zero-order valence-corrected chi connectivity index (χ0v) is 12.0. The van der Waals surface area contributed by atoms with Crippen molar-refractivity contribution in [1.29, 1.82) is 0 Å². The molecule has 1 aromatic carbocycles. The van der Waals surface area contributed by atoms with E-state index in [0.717, 1.165) is 37.4 Å². The molecule has 19 heavy (non-hydrogen) atoms. The summed E-state index contributed by atoms with van der Waals surface area (Å²) in [4.78, 5) is 12.1. The van der Waals surface area contributed by atoms with Gasteiger partial charge in [0.15, 0.2) is 0 Å². The topological polar surface area (TPSA) is 50.4 Å². The van der Waals surface area contributed by atoms with Crippen molar-refractivity contribution in [2.24, 2.45) is 5.92 Å². The van der Waals surface area contributed by atoms with Crippen LogP contribution in [0, 0.1) is 5.92 Å². The van der Waals surface area contributed by atoms with Crippen LogP contribution < -0.4 is 15.4 Å². The Balaban J connectivity index is 0.00000180. The largest absolute Gasteiger partial charge is 0.494 e. The first-order chi connectivity index (χ1) is 8.79. The Morgan fingerprint density at radius 2 is 2.16 bits per heavy atom. The molecule has 4 nitrogen and oxygen atoms in total. The van der Waals surface area contributed by atoms with Crippen molar-refractivity contribution in [1.82, 2.24) is 5.32 Å². The lowest BCUT2D eigenvalue weighted by molar-refractivity contribution is -0.120. The van der Waals surface area contributed by atoms with Gasteiger partial charge in [0.25, 0.3) is 0 Å². The molecule has 1 aromatic rings. The molecule has 0 unspecified atom stereocenters. The number of piperidine rings is 1. The van der Waals surface area contributed by atoms with Crippen molar-refractivity contribution in [2.45, 2.75) is 19.8 Å². The van der Waals surface area contributed by atoms with Crippen LogP contribution in [0.4, 0.5) is 5.69 Å². The summed E-state index contributed by atoms with van der Waals surface area (Å²) in [7, 11) is 0. The number of ether oxygens (including phenoxy) is 1. The molecule has 0 atom stereocenters. The van der Waals surface area contributed by atoms with Gasteiger partial charge in [0.2, 0.25) is 5.91 Å². The van der Waals surface area contributed by atoms with Crippen molar-refractivity contribution in [2.75, 3.05) is 25.0 Å². The van der Waals surface area contributed by atoms with Gasteiger partial charge in [-0.25, -0.2) is 0 Å². The molecule has 1 amide bonds. The van der Waals surface area contributed by atoms with Crippen LogP contribution in [0.15, 0.2) is 24.3 Å². The van der Waals surface area contributed by atoms with E-state index in [1.807, 2.05) is 31.2 Å². The predicted octanol–water partition coefficient (Wildman–Crippen LogP) is 2.45. The Kier molecular flexibility index (Phi) is 6.67. The van der Waals surface area contributed by atoms with E-state index in [4.69, 9.17) is 4.74 Å². The van der Waals surface area contributed by atoms with E-state index in [9.17, 15) is 4.79 Å². The molecule has 0 saturated carbocycles. The van der Waals surface area contributed by atoms with Gasteiger partial charge in [-0.05, 0) is 45.0 Å². The Labute approximate surface area is 120 Å². The molecule has 0 aromatic heterocycles. The van der Waals surface area contributed by atoms with Crippen LogP contribution in [0.3, 0.4) is 0 Å². The SMILES string of the molecule is CCOc1cccc(NC(=O)C2CCNCC2)c1.Cl. The molecule has 0 radical (unpaired) electrons. The number of anilines is 1. The predicted molar refractivity (Wildman–Crippen MR) is 79.1 cm³/mol. The molecule has 1 aliphatic rings. The normalized spacial score (nSPS) is 15.4.